The van der Waals surface area contributed by atoms with Crippen LogP contribution in [0.25, 0.3) is 5.70 Å². The molecule has 0 amide bonds. The minimum absolute atomic E-state index is 0.768. The molecule has 3 heteroatoms. The van der Waals surface area contributed by atoms with Crippen molar-refractivity contribution < 1.29 is 4.74 Å². The van der Waals surface area contributed by atoms with Crippen LogP contribution in [0.1, 0.15) is 5.56 Å². The minimum atomic E-state index is 0.768. The second-order valence-electron chi connectivity index (χ2n) is 4.88. The van der Waals surface area contributed by atoms with E-state index in [1.807, 2.05) is 42.5 Å². The first-order valence-electron chi connectivity index (χ1n) is 6.65. The Morgan fingerprint density at radius 3 is 2.60 bits per heavy atom. The zero-order valence-electron chi connectivity index (χ0n) is 10.9. The van der Waals surface area contributed by atoms with Crippen LogP contribution in [-0.4, -0.2) is 6.54 Å². The molecular formula is C17H14N2O. The zero-order valence-corrected chi connectivity index (χ0v) is 10.9. The fraction of sp³-hybridized carbons (Fsp3) is 0.0588. The van der Waals surface area contributed by atoms with Crippen LogP contribution >= 0.6 is 0 Å². The number of nitrogens with zero attached hydrogens (tertiary/aromatic N) is 1. The van der Waals surface area contributed by atoms with E-state index in [-0.39, 0.29) is 0 Å². The van der Waals surface area contributed by atoms with E-state index in [0.29, 0.717) is 0 Å². The van der Waals surface area contributed by atoms with Crippen molar-refractivity contribution in [2.75, 3.05) is 11.4 Å². The standard InChI is InChI=1S/C17H14N2O/c18-13-7-5-11-19-14-8-2-4-10-16(14)20-15-9-3-1-6-12(15)17(13)19/h1-10H,11,18H2. The van der Waals surface area contributed by atoms with Crippen LogP contribution in [-0.2, 0) is 0 Å². The molecule has 0 bridgehead atoms. The predicted octanol–water partition coefficient (Wildman–Crippen LogP) is 3.50. The van der Waals surface area contributed by atoms with Gasteiger partial charge in [0.2, 0.25) is 0 Å². The summed E-state index contributed by atoms with van der Waals surface area (Å²) in [6.45, 7) is 0.796. The van der Waals surface area contributed by atoms with E-state index in [4.69, 9.17) is 10.5 Å². The molecule has 0 saturated carbocycles. The van der Waals surface area contributed by atoms with Crippen molar-refractivity contribution in [1.29, 1.82) is 0 Å². The third-order valence-electron chi connectivity index (χ3n) is 3.65. The number of anilines is 1. The average molecular weight is 262 g/mol. The Kier molecular flexibility index (Phi) is 2.33. The van der Waals surface area contributed by atoms with E-state index in [2.05, 4.69) is 23.1 Å². The Morgan fingerprint density at radius 2 is 1.70 bits per heavy atom. The van der Waals surface area contributed by atoms with Crippen molar-refractivity contribution in [1.82, 2.24) is 0 Å². The summed E-state index contributed by atoms with van der Waals surface area (Å²) >= 11 is 0. The predicted molar refractivity (Wildman–Crippen MR) is 80.6 cm³/mol. The van der Waals surface area contributed by atoms with E-state index in [1.165, 1.54) is 0 Å². The largest absolute Gasteiger partial charge is 0.454 e. The van der Waals surface area contributed by atoms with E-state index < -0.39 is 0 Å². The molecular weight excluding hydrogens is 248 g/mol. The second kappa shape index (κ2) is 4.17. The lowest BCUT2D eigenvalue weighted by Gasteiger charge is -2.28. The maximum atomic E-state index is 6.23. The third kappa shape index (κ3) is 1.53. The highest BCUT2D eigenvalue weighted by molar-refractivity contribution is 5.89. The van der Waals surface area contributed by atoms with Gasteiger partial charge in [-0.15, -0.1) is 0 Å². The second-order valence-corrected chi connectivity index (χ2v) is 4.88. The third-order valence-corrected chi connectivity index (χ3v) is 3.65. The van der Waals surface area contributed by atoms with Gasteiger partial charge < -0.3 is 15.4 Å². The molecule has 0 spiro atoms. The van der Waals surface area contributed by atoms with Crippen LogP contribution in [0.4, 0.5) is 5.69 Å². The van der Waals surface area contributed by atoms with E-state index in [1.54, 1.807) is 0 Å². The summed E-state index contributed by atoms with van der Waals surface area (Å²) in [7, 11) is 0. The summed E-state index contributed by atoms with van der Waals surface area (Å²) in [5.74, 6) is 1.70. The Balaban J connectivity index is 2.05. The van der Waals surface area contributed by atoms with Gasteiger partial charge in [0, 0.05) is 12.1 Å². The fourth-order valence-corrected chi connectivity index (χ4v) is 2.77. The van der Waals surface area contributed by atoms with Gasteiger partial charge in [0.25, 0.3) is 0 Å². The van der Waals surface area contributed by atoms with Gasteiger partial charge in [-0.2, -0.15) is 0 Å². The lowest BCUT2D eigenvalue weighted by atomic mass is 10.0. The Hall–Kier alpha value is -2.68. The average Bonchev–Trinajstić information content (AvgIpc) is 2.62. The first-order valence-corrected chi connectivity index (χ1v) is 6.65. The van der Waals surface area contributed by atoms with Gasteiger partial charge in [0.05, 0.1) is 17.1 Å². The minimum Gasteiger partial charge on any atom is -0.454 e. The van der Waals surface area contributed by atoms with Gasteiger partial charge in [-0.25, -0.2) is 0 Å². The molecule has 0 fully saturated rings. The summed E-state index contributed by atoms with van der Waals surface area (Å²) in [6.07, 6.45) is 4.04. The molecule has 3 nitrogen and oxygen atoms in total. The van der Waals surface area contributed by atoms with Gasteiger partial charge in [0.1, 0.15) is 5.75 Å². The fourth-order valence-electron chi connectivity index (χ4n) is 2.77. The zero-order chi connectivity index (χ0) is 13.5. The Bertz CT molecular complexity index is 746. The SMILES string of the molecule is NC1=C2c3ccccc3Oc3ccccc3N2CC=C1. The number of allylic oxidation sites excluding steroid dienone is 1. The summed E-state index contributed by atoms with van der Waals surface area (Å²) in [5, 5.41) is 0. The molecule has 2 aliphatic rings. The van der Waals surface area contributed by atoms with Gasteiger partial charge >= 0.3 is 0 Å². The number of para-hydroxylation sites is 3. The van der Waals surface area contributed by atoms with E-state index in [0.717, 1.165) is 40.7 Å². The lowest BCUT2D eigenvalue weighted by molar-refractivity contribution is 0.485. The van der Waals surface area contributed by atoms with Gasteiger partial charge in [-0.05, 0) is 30.3 Å². The maximum absolute atomic E-state index is 6.23. The molecule has 98 valence electrons. The van der Waals surface area contributed by atoms with Crippen LogP contribution in [0.3, 0.4) is 0 Å². The van der Waals surface area contributed by atoms with Crippen molar-refractivity contribution in [3.8, 4) is 11.5 Å². The molecule has 2 aliphatic heterocycles. The van der Waals surface area contributed by atoms with Crippen molar-refractivity contribution in [2.24, 2.45) is 5.73 Å². The van der Waals surface area contributed by atoms with Crippen LogP contribution < -0.4 is 15.4 Å². The summed E-state index contributed by atoms with van der Waals surface area (Å²) in [4.78, 5) is 2.20. The van der Waals surface area contributed by atoms with Crippen LogP contribution in [0, 0.1) is 0 Å². The lowest BCUT2D eigenvalue weighted by Crippen LogP contribution is -2.26. The van der Waals surface area contributed by atoms with Gasteiger partial charge in [-0.3, -0.25) is 0 Å². The monoisotopic (exact) mass is 262 g/mol. The van der Waals surface area contributed by atoms with Crippen LogP contribution in [0.15, 0.2) is 66.4 Å². The summed E-state index contributed by atoms with van der Waals surface area (Å²) < 4.78 is 6.08. The molecule has 0 saturated heterocycles. The van der Waals surface area contributed by atoms with Gasteiger partial charge in [0.15, 0.2) is 5.75 Å². The van der Waals surface area contributed by atoms with Crippen molar-refractivity contribution in [3.05, 3.63) is 71.9 Å². The van der Waals surface area contributed by atoms with E-state index >= 15 is 0 Å². The van der Waals surface area contributed by atoms with E-state index in [9.17, 15) is 0 Å². The maximum Gasteiger partial charge on any atom is 0.151 e. The molecule has 0 unspecified atom stereocenters. The first kappa shape index (κ1) is 11.2. The van der Waals surface area contributed by atoms with Crippen LogP contribution in [0.5, 0.6) is 11.5 Å². The van der Waals surface area contributed by atoms with Crippen molar-refractivity contribution in [3.63, 3.8) is 0 Å². The summed E-state index contributed by atoms with van der Waals surface area (Å²) in [6, 6.07) is 16.1. The highest BCUT2D eigenvalue weighted by atomic mass is 16.5. The molecule has 0 aromatic heterocycles. The molecule has 2 aromatic carbocycles. The smallest absolute Gasteiger partial charge is 0.151 e. The number of hydrogen-bond acceptors (Lipinski definition) is 3. The quantitative estimate of drug-likeness (QED) is 0.789. The van der Waals surface area contributed by atoms with Crippen LogP contribution in [0.2, 0.25) is 0 Å². The molecule has 4 rings (SSSR count). The summed E-state index contributed by atoms with van der Waals surface area (Å²) in [5.41, 5.74) is 10.1. The molecule has 20 heavy (non-hydrogen) atoms. The number of rotatable bonds is 0. The number of hydrogen-bond donors (Lipinski definition) is 1. The normalized spacial score (nSPS) is 15.9. The van der Waals surface area contributed by atoms with Crippen molar-refractivity contribution in [2.45, 2.75) is 0 Å². The molecule has 0 atom stereocenters. The molecule has 2 N–H and O–H groups in total. The topological polar surface area (TPSA) is 38.5 Å². The highest BCUT2D eigenvalue weighted by Crippen LogP contribution is 2.44. The number of benzene rings is 2. The Morgan fingerprint density at radius 1 is 0.950 bits per heavy atom. The molecule has 0 radical (unpaired) electrons. The number of fused-ring (bicyclic) bond motifs is 5. The highest BCUT2D eigenvalue weighted by Gasteiger charge is 2.27. The molecule has 2 heterocycles. The Labute approximate surface area is 117 Å². The van der Waals surface area contributed by atoms with Crippen molar-refractivity contribution >= 4 is 11.4 Å². The number of nitrogens with two attached hydrogens (primary N) is 1. The molecule has 0 aliphatic carbocycles. The molecule has 2 aromatic rings. The first-order chi connectivity index (χ1) is 9.84. The van der Waals surface area contributed by atoms with Gasteiger partial charge in [-0.1, -0.05) is 30.3 Å². The number of ether oxygens (including phenoxy) is 1.